The first-order chi connectivity index (χ1) is 6.43. The van der Waals surface area contributed by atoms with Crippen molar-refractivity contribution in [2.45, 2.75) is 13.3 Å². The van der Waals surface area contributed by atoms with Crippen LogP contribution in [0.3, 0.4) is 0 Å². The molecule has 0 saturated heterocycles. The Bertz CT molecular complexity index is 157. The van der Waals surface area contributed by atoms with Crippen molar-refractivity contribution >= 4 is 0 Å². The highest BCUT2D eigenvalue weighted by atomic mass is 16.5. The average Bonchev–Trinajstić information content (AvgIpc) is 2.19. The van der Waals surface area contributed by atoms with Gasteiger partial charge in [-0.2, -0.15) is 0 Å². The van der Waals surface area contributed by atoms with Crippen molar-refractivity contribution in [3.8, 4) is 0 Å². The lowest BCUT2D eigenvalue weighted by molar-refractivity contribution is 0.0611. The van der Waals surface area contributed by atoms with E-state index in [0.717, 1.165) is 32.7 Å². The summed E-state index contributed by atoms with van der Waals surface area (Å²) in [6.07, 6.45) is 3.33. The molecule has 1 N–H and O–H groups in total. The van der Waals surface area contributed by atoms with Gasteiger partial charge in [0, 0.05) is 13.2 Å². The molecular weight excluding hydrogens is 166 g/mol. The molecule has 1 aliphatic rings. The van der Waals surface area contributed by atoms with E-state index in [9.17, 15) is 0 Å². The molecule has 1 aliphatic heterocycles. The highest BCUT2D eigenvalue weighted by Crippen LogP contribution is 2.03. The quantitative estimate of drug-likeness (QED) is 0.494. The maximum atomic E-state index is 5.45. The van der Waals surface area contributed by atoms with Gasteiger partial charge in [-0.15, -0.1) is 0 Å². The number of hydrogen-bond acceptors (Lipinski definition) is 3. The van der Waals surface area contributed by atoms with Crippen LogP contribution in [0.25, 0.3) is 0 Å². The van der Waals surface area contributed by atoms with Gasteiger partial charge in [-0.1, -0.05) is 6.08 Å². The fraction of sp³-hybridized carbons (Fsp3) is 0.800. The zero-order chi connectivity index (χ0) is 9.36. The molecule has 0 bridgehead atoms. The van der Waals surface area contributed by atoms with Crippen LogP contribution in [0, 0.1) is 0 Å². The summed E-state index contributed by atoms with van der Waals surface area (Å²) in [6.45, 7) is 7.03. The third-order valence-corrected chi connectivity index (χ3v) is 2.02. The molecule has 0 unspecified atom stereocenters. The molecule has 13 heavy (non-hydrogen) atoms. The van der Waals surface area contributed by atoms with Crippen molar-refractivity contribution in [3.63, 3.8) is 0 Å². The third kappa shape index (κ3) is 5.03. The van der Waals surface area contributed by atoms with Gasteiger partial charge in [0.15, 0.2) is 0 Å². The lowest BCUT2D eigenvalue weighted by Gasteiger charge is -2.13. The summed E-state index contributed by atoms with van der Waals surface area (Å²) in [5.41, 5.74) is 1.41. The molecule has 0 spiro atoms. The first kappa shape index (κ1) is 10.7. The van der Waals surface area contributed by atoms with Crippen molar-refractivity contribution in [3.05, 3.63) is 11.6 Å². The van der Waals surface area contributed by atoms with Crippen molar-refractivity contribution in [2.24, 2.45) is 0 Å². The van der Waals surface area contributed by atoms with E-state index >= 15 is 0 Å². The minimum absolute atomic E-state index is 0.707. The maximum absolute atomic E-state index is 5.45. The smallest absolute Gasteiger partial charge is 0.0704 e. The topological polar surface area (TPSA) is 30.5 Å². The lowest BCUT2D eigenvalue weighted by Crippen LogP contribution is -2.22. The van der Waals surface area contributed by atoms with E-state index in [2.05, 4.69) is 11.4 Å². The molecular formula is C10H19NO2. The second-order valence-electron chi connectivity index (χ2n) is 3.07. The molecule has 76 valence electrons. The van der Waals surface area contributed by atoms with Crippen LogP contribution >= 0.6 is 0 Å². The van der Waals surface area contributed by atoms with Gasteiger partial charge in [0.05, 0.1) is 19.8 Å². The zero-order valence-corrected chi connectivity index (χ0v) is 8.34. The molecule has 0 radical (unpaired) electrons. The van der Waals surface area contributed by atoms with Gasteiger partial charge in [-0.05, 0) is 25.5 Å². The minimum atomic E-state index is 0.707. The van der Waals surface area contributed by atoms with Crippen molar-refractivity contribution in [1.82, 2.24) is 5.32 Å². The molecule has 0 aromatic heterocycles. The van der Waals surface area contributed by atoms with E-state index in [0.29, 0.717) is 13.2 Å². The Kier molecular flexibility index (Phi) is 5.81. The lowest BCUT2D eigenvalue weighted by atomic mass is 10.1. The SMILES string of the molecule is CCOCCOCC1=CCNCC1. The van der Waals surface area contributed by atoms with Crippen LogP contribution < -0.4 is 5.32 Å². The molecule has 0 saturated carbocycles. The summed E-state index contributed by atoms with van der Waals surface area (Å²) in [6, 6.07) is 0. The van der Waals surface area contributed by atoms with Crippen molar-refractivity contribution in [2.75, 3.05) is 39.5 Å². The van der Waals surface area contributed by atoms with E-state index in [1.165, 1.54) is 5.57 Å². The van der Waals surface area contributed by atoms with Gasteiger partial charge in [-0.25, -0.2) is 0 Å². The molecule has 0 aliphatic carbocycles. The normalized spacial score (nSPS) is 17.2. The second kappa shape index (κ2) is 7.06. The Morgan fingerprint density at radius 3 is 2.92 bits per heavy atom. The summed E-state index contributed by atoms with van der Waals surface area (Å²) in [5, 5.41) is 3.27. The summed E-state index contributed by atoms with van der Waals surface area (Å²) in [5.74, 6) is 0. The van der Waals surface area contributed by atoms with Crippen LogP contribution in [0.5, 0.6) is 0 Å². The summed E-state index contributed by atoms with van der Waals surface area (Å²) < 4.78 is 10.6. The zero-order valence-electron chi connectivity index (χ0n) is 8.34. The molecule has 1 rings (SSSR count). The molecule has 1 heterocycles. The number of nitrogens with one attached hydrogen (secondary N) is 1. The Hall–Kier alpha value is -0.380. The van der Waals surface area contributed by atoms with Crippen LogP contribution in [-0.4, -0.2) is 39.5 Å². The Balaban J connectivity index is 1.95. The summed E-state index contributed by atoms with van der Waals surface area (Å²) in [4.78, 5) is 0. The standard InChI is InChI=1S/C10H19NO2/c1-2-12-7-8-13-9-10-3-5-11-6-4-10/h3,11H,2,4-9H2,1H3. The third-order valence-electron chi connectivity index (χ3n) is 2.02. The van der Waals surface area contributed by atoms with Crippen LogP contribution in [0.1, 0.15) is 13.3 Å². The highest BCUT2D eigenvalue weighted by molar-refractivity contribution is 5.06. The van der Waals surface area contributed by atoms with Gasteiger partial charge >= 0.3 is 0 Å². The van der Waals surface area contributed by atoms with Crippen LogP contribution in [0.4, 0.5) is 0 Å². The Morgan fingerprint density at radius 1 is 1.38 bits per heavy atom. The number of hydrogen-bond donors (Lipinski definition) is 1. The van der Waals surface area contributed by atoms with E-state index in [-0.39, 0.29) is 0 Å². The van der Waals surface area contributed by atoms with E-state index < -0.39 is 0 Å². The van der Waals surface area contributed by atoms with Crippen LogP contribution in [0.15, 0.2) is 11.6 Å². The van der Waals surface area contributed by atoms with Gasteiger partial charge in [-0.3, -0.25) is 0 Å². The van der Waals surface area contributed by atoms with Gasteiger partial charge in [0.2, 0.25) is 0 Å². The van der Waals surface area contributed by atoms with E-state index in [4.69, 9.17) is 9.47 Å². The van der Waals surface area contributed by atoms with Crippen LogP contribution in [0.2, 0.25) is 0 Å². The monoisotopic (exact) mass is 185 g/mol. The second-order valence-corrected chi connectivity index (χ2v) is 3.07. The minimum Gasteiger partial charge on any atom is -0.379 e. The average molecular weight is 185 g/mol. The molecule has 0 amide bonds. The first-order valence-electron chi connectivity index (χ1n) is 4.97. The number of ether oxygens (including phenoxy) is 2. The largest absolute Gasteiger partial charge is 0.379 e. The van der Waals surface area contributed by atoms with E-state index in [1.807, 2.05) is 6.92 Å². The van der Waals surface area contributed by atoms with Crippen molar-refractivity contribution in [1.29, 1.82) is 0 Å². The van der Waals surface area contributed by atoms with E-state index in [1.54, 1.807) is 0 Å². The summed E-state index contributed by atoms with van der Waals surface area (Å²) >= 11 is 0. The highest BCUT2D eigenvalue weighted by Gasteiger charge is 2.01. The predicted molar refractivity (Wildman–Crippen MR) is 52.9 cm³/mol. The van der Waals surface area contributed by atoms with Gasteiger partial charge < -0.3 is 14.8 Å². The number of rotatable bonds is 6. The molecule has 3 heteroatoms. The molecule has 0 fully saturated rings. The molecule has 0 aromatic carbocycles. The Labute approximate surface area is 80.1 Å². The van der Waals surface area contributed by atoms with Gasteiger partial charge in [0.1, 0.15) is 0 Å². The molecule has 3 nitrogen and oxygen atoms in total. The molecule has 0 aromatic rings. The summed E-state index contributed by atoms with van der Waals surface area (Å²) in [7, 11) is 0. The first-order valence-corrected chi connectivity index (χ1v) is 4.97. The Morgan fingerprint density at radius 2 is 2.23 bits per heavy atom. The van der Waals surface area contributed by atoms with Gasteiger partial charge in [0.25, 0.3) is 0 Å². The maximum Gasteiger partial charge on any atom is 0.0704 e. The molecule has 0 atom stereocenters. The fourth-order valence-corrected chi connectivity index (χ4v) is 1.27. The fourth-order valence-electron chi connectivity index (χ4n) is 1.27. The van der Waals surface area contributed by atoms with Crippen molar-refractivity contribution < 1.29 is 9.47 Å². The predicted octanol–water partition coefficient (Wildman–Crippen LogP) is 0.959. The van der Waals surface area contributed by atoms with Crippen LogP contribution in [-0.2, 0) is 9.47 Å².